The maximum atomic E-state index is 13.1. The first kappa shape index (κ1) is 22.7. The largest absolute Gasteiger partial charge is 0.350 e. The van der Waals surface area contributed by atoms with Gasteiger partial charge in [-0.2, -0.15) is 4.31 Å². The fraction of sp³-hybridized carbons (Fsp3) is 0.500. The Morgan fingerprint density at radius 1 is 1.06 bits per heavy atom. The van der Waals surface area contributed by atoms with Crippen LogP contribution in [0.4, 0.5) is 0 Å². The Balaban J connectivity index is 1.50. The van der Waals surface area contributed by atoms with Crippen LogP contribution in [-0.4, -0.2) is 56.3 Å². The highest BCUT2D eigenvalue weighted by atomic mass is 35.5. The number of rotatable bonds is 7. The van der Waals surface area contributed by atoms with Crippen molar-refractivity contribution in [3.63, 3.8) is 0 Å². The topological polar surface area (TPSA) is 69.7 Å². The second-order valence-electron chi connectivity index (χ2n) is 8.09. The molecule has 1 aromatic heterocycles. The highest BCUT2D eigenvalue weighted by Crippen LogP contribution is 2.29. The number of likely N-dealkylation sites (tertiary alicyclic amines) is 1. The van der Waals surface area contributed by atoms with Crippen LogP contribution in [0.2, 0.25) is 5.02 Å². The molecular formula is C22H28ClN3O3S2. The predicted molar refractivity (Wildman–Crippen MR) is 124 cm³/mol. The van der Waals surface area contributed by atoms with E-state index in [1.54, 1.807) is 17.4 Å². The average Bonchev–Trinajstić information content (AvgIpc) is 3.50. The van der Waals surface area contributed by atoms with Crippen molar-refractivity contribution in [1.82, 2.24) is 14.5 Å². The van der Waals surface area contributed by atoms with E-state index in [0.29, 0.717) is 25.2 Å². The van der Waals surface area contributed by atoms with E-state index in [4.69, 9.17) is 11.6 Å². The van der Waals surface area contributed by atoms with E-state index in [2.05, 4.69) is 21.7 Å². The summed E-state index contributed by atoms with van der Waals surface area (Å²) in [6.45, 7) is 3.52. The Bertz CT molecular complexity index is 999. The molecule has 1 N–H and O–H groups in total. The SMILES string of the molecule is O=C(NCC(c1cccs1)N1CCCC1)c1ccc(Cl)c(S(=O)(=O)N2CCCCC2)c1. The van der Waals surface area contributed by atoms with Gasteiger partial charge in [-0.05, 0) is 68.4 Å². The molecule has 1 unspecified atom stereocenters. The molecule has 0 radical (unpaired) electrons. The van der Waals surface area contributed by atoms with E-state index in [0.717, 1.165) is 32.4 Å². The molecule has 1 aromatic carbocycles. The van der Waals surface area contributed by atoms with Crippen LogP contribution in [0.3, 0.4) is 0 Å². The number of carbonyl (C=O) groups is 1. The zero-order valence-corrected chi connectivity index (χ0v) is 19.8. The molecule has 3 heterocycles. The number of halogens is 1. The van der Waals surface area contributed by atoms with Crippen molar-refractivity contribution >= 4 is 38.9 Å². The van der Waals surface area contributed by atoms with Crippen LogP contribution in [0.5, 0.6) is 0 Å². The minimum Gasteiger partial charge on any atom is -0.350 e. The molecule has 0 saturated carbocycles. The van der Waals surface area contributed by atoms with Crippen LogP contribution in [0.25, 0.3) is 0 Å². The summed E-state index contributed by atoms with van der Waals surface area (Å²) in [6.07, 6.45) is 5.06. The Morgan fingerprint density at radius 3 is 2.45 bits per heavy atom. The number of hydrogen-bond donors (Lipinski definition) is 1. The number of nitrogens with one attached hydrogen (secondary N) is 1. The molecule has 2 fully saturated rings. The van der Waals surface area contributed by atoms with Gasteiger partial charge in [-0.1, -0.05) is 24.1 Å². The minimum absolute atomic E-state index is 0.0121. The molecule has 2 saturated heterocycles. The molecule has 31 heavy (non-hydrogen) atoms. The van der Waals surface area contributed by atoms with Gasteiger partial charge < -0.3 is 5.32 Å². The molecule has 0 bridgehead atoms. The quantitative estimate of drug-likeness (QED) is 0.645. The van der Waals surface area contributed by atoms with Crippen LogP contribution < -0.4 is 5.32 Å². The molecule has 168 valence electrons. The first-order valence-electron chi connectivity index (χ1n) is 10.8. The first-order valence-corrected chi connectivity index (χ1v) is 13.5. The Hall–Kier alpha value is -1.45. The summed E-state index contributed by atoms with van der Waals surface area (Å²) in [4.78, 5) is 16.6. The van der Waals surface area contributed by atoms with Crippen molar-refractivity contribution in [2.45, 2.75) is 43.0 Å². The minimum atomic E-state index is -3.71. The lowest BCUT2D eigenvalue weighted by Crippen LogP contribution is -2.37. The van der Waals surface area contributed by atoms with E-state index in [1.807, 2.05) is 6.07 Å². The zero-order chi connectivity index (χ0) is 21.8. The van der Waals surface area contributed by atoms with Crippen molar-refractivity contribution in [2.75, 3.05) is 32.7 Å². The second kappa shape index (κ2) is 10.0. The highest BCUT2D eigenvalue weighted by Gasteiger charge is 2.29. The van der Waals surface area contributed by atoms with Crippen LogP contribution in [-0.2, 0) is 10.0 Å². The lowest BCUT2D eigenvalue weighted by Gasteiger charge is -2.27. The van der Waals surface area contributed by atoms with Crippen LogP contribution in [0, 0.1) is 0 Å². The van der Waals surface area contributed by atoms with E-state index < -0.39 is 10.0 Å². The lowest BCUT2D eigenvalue weighted by molar-refractivity contribution is 0.0938. The van der Waals surface area contributed by atoms with Crippen LogP contribution >= 0.6 is 22.9 Å². The predicted octanol–water partition coefficient (Wildman–Crippen LogP) is 4.14. The number of nitrogens with zero attached hydrogens (tertiary/aromatic N) is 2. The Labute approximate surface area is 193 Å². The van der Waals surface area contributed by atoms with Gasteiger partial charge in [-0.25, -0.2) is 8.42 Å². The van der Waals surface area contributed by atoms with Gasteiger partial charge >= 0.3 is 0 Å². The highest BCUT2D eigenvalue weighted by molar-refractivity contribution is 7.89. The van der Waals surface area contributed by atoms with Crippen molar-refractivity contribution in [3.8, 4) is 0 Å². The number of thiophene rings is 1. The molecule has 1 amide bonds. The summed E-state index contributed by atoms with van der Waals surface area (Å²) in [5.74, 6) is -0.285. The fourth-order valence-electron chi connectivity index (χ4n) is 4.32. The summed E-state index contributed by atoms with van der Waals surface area (Å²) in [5, 5.41) is 5.22. The van der Waals surface area contributed by atoms with E-state index in [9.17, 15) is 13.2 Å². The van der Waals surface area contributed by atoms with E-state index in [1.165, 1.54) is 34.2 Å². The second-order valence-corrected chi connectivity index (χ2v) is 11.4. The van der Waals surface area contributed by atoms with Crippen molar-refractivity contribution in [1.29, 1.82) is 0 Å². The Morgan fingerprint density at radius 2 is 1.77 bits per heavy atom. The molecule has 6 nitrogen and oxygen atoms in total. The summed E-state index contributed by atoms with van der Waals surface area (Å²) in [6, 6.07) is 8.77. The van der Waals surface area contributed by atoms with E-state index in [-0.39, 0.29) is 21.9 Å². The molecule has 2 aliphatic heterocycles. The smallest absolute Gasteiger partial charge is 0.251 e. The maximum absolute atomic E-state index is 13.1. The molecular weight excluding hydrogens is 454 g/mol. The van der Waals surface area contributed by atoms with Gasteiger partial charge in [0.15, 0.2) is 0 Å². The van der Waals surface area contributed by atoms with Crippen LogP contribution in [0.15, 0.2) is 40.6 Å². The molecule has 1 atom stereocenters. The number of piperidine rings is 1. The molecule has 0 aliphatic carbocycles. The molecule has 2 aromatic rings. The number of hydrogen-bond acceptors (Lipinski definition) is 5. The summed E-state index contributed by atoms with van der Waals surface area (Å²) < 4.78 is 27.6. The summed E-state index contributed by atoms with van der Waals surface area (Å²) in [7, 11) is -3.71. The lowest BCUT2D eigenvalue weighted by atomic mass is 10.2. The first-order chi connectivity index (χ1) is 15.0. The maximum Gasteiger partial charge on any atom is 0.251 e. The van der Waals surface area contributed by atoms with Gasteiger partial charge in [0.25, 0.3) is 5.91 Å². The van der Waals surface area contributed by atoms with Gasteiger partial charge in [-0.15, -0.1) is 11.3 Å². The third-order valence-corrected chi connectivity index (χ3v) is 9.39. The van der Waals surface area contributed by atoms with Gasteiger partial charge in [-0.3, -0.25) is 9.69 Å². The fourth-order valence-corrected chi connectivity index (χ4v) is 7.20. The van der Waals surface area contributed by atoms with Crippen molar-refractivity contribution in [2.24, 2.45) is 0 Å². The van der Waals surface area contributed by atoms with Crippen LogP contribution in [0.1, 0.15) is 53.4 Å². The van der Waals surface area contributed by atoms with Gasteiger partial charge in [0.1, 0.15) is 4.90 Å². The molecule has 2 aliphatic rings. The monoisotopic (exact) mass is 481 g/mol. The zero-order valence-electron chi connectivity index (χ0n) is 17.4. The summed E-state index contributed by atoms with van der Waals surface area (Å²) in [5.41, 5.74) is 0.311. The molecule has 4 rings (SSSR count). The molecule has 9 heteroatoms. The molecule has 0 spiro atoms. The number of benzene rings is 1. The Kier molecular flexibility index (Phi) is 7.33. The normalized spacial score (nSPS) is 19.4. The number of carbonyl (C=O) groups excluding carboxylic acids is 1. The van der Waals surface area contributed by atoms with Crippen molar-refractivity contribution < 1.29 is 13.2 Å². The standard InChI is InChI=1S/C22H28ClN3O3S2/c23-18-9-8-17(15-21(18)31(28,29)26-12-2-1-3-13-26)22(27)24-16-19(20-7-6-14-30-20)25-10-4-5-11-25/h6-9,14-15,19H,1-5,10-13,16H2,(H,24,27). The third-order valence-electron chi connectivity index (χ3n) is 6.04. The number of sulfonamides is 1. The average molecular weight is 482 g/mol. The van der Waals surface area contributed by atoms with E-state index >= 15 is 0 Å². The number of amides is 1. The van der Waals surface area contributed by atoms with Gasteiger partial charge in [0.2, 0.25) is 10.0 Å². The van der Waals surface area contributed by atoms with Gasteiger partial charge in [0.05, 0.1) is 11.1 Å². The van der Waals surface area contributed by atoms with Crippen molar-refractivity contribution in [3.05, 3.63) is 51.2 Å². The van der Waals surface area contributed by atoms with Gasteiger partial charge in [0, 0.05) is 30.1 Å². The summed E-state index contributed by atoms with van der Waals surface area (Å²) >= 11 is 7.94. The third kappa shape index (κ3) is 5.14.